The molecule has 31 heavy (non-hydrogen) atoms. The molecule has 0 unspecified atom stereocenters. The van der Waals surface area contributed by atoms with Crippen LogP contribution in [0.25, 0.3) is 21.0 Å². The Bertz CT molecular complexity index is 1340. The molecule has 2 aromatic carbocycles. The highest BCUT2D eigenvalue weighted by atomic mass is 32.1. The number of aliphatic hydroxyl groups excluding tert-OH is 1. The maximum atomic E-state index is 13.5. The van der Waals surface area contributed by atoms with Gasteiger partial charge in [0, 0.05) is 17.5 Å². The Labute approximate surface area is 181 Å². The number of ketones is 1. The normalized spacial score (nSPS) is 11.0. The van der Waals surface area contributed by atoms with E-state index in [2.05, 4.69) is 5.32 Å². The third-order valence-electron chi connectivity index (χ3n) is 4.97. The summed E-state index contributed by atoms with van der Waals surface area (Å²) in [5, 5.41) is 12.6. The zero-order valence-electron chi connectivity index (χ0n) is 16.8. The van der Waals surface area contributed by atoms with Gasteiger partial charge < -0.3 is 15.2 Å². The Hall–Kier alpha value is -3.49. The van der Waals surface area contributed by atoms with E-state index >= 15 is 0 Å². The molecular weight excluding hydrogens is 416 g/mol. The molecule has 0 radical (unpaired) electrons. The summed E-state index contributed by atoms with van der Waals surface area (Å²) in [6.07, 6.45) is 0. The number of hydrogen-bond acceptors (Lipinski definition) is 6. The van der Waals surface area contributed by atoms with E-state index in [9.17, 15) is 14.4 Å². The number of Topliss-reactive ketones (excluding diaryl/α,β-unsaturated/α-hetero) is 1. The second kappa shape index (κ2) is 8.71. The Kier molecular flexibility index (Phi) is 5.83. The number of carbonyl (C=O) groups excluding carboxylic acids is 2. The number of carbonyl (C=O) groups is 2. The van der Waals surface area contributed by atoms with Gasteiger partial charge in [0.25, 0.3) is 11.5 Å². The maximum absolute atomic E-state index is 13.5. The molecular formula is C23H20N2O5S. The molecule has 2 N–H and O–H groups in total. The number of aliphatic hydroxyl groups is 1. The monoisotopic (exact) mass is 436 g/mol. The summed E-state index contributed by atoms with van der Waals surface area (Å²) in [4.78, 5) is 39.2. The summed E-state index contributed by atoms with van der Waals surface area (Å²) in [6.45, 7) is -0.243. The predicted molar refractivity (Wildman–Crippen MR) is 120 cm³/mol. The third-order valence-corrected chi connectivity index (χ3v) is 6.17. The molecule has 0 saturated heterocycles. The quantitative estimate of drug-likeness (QED) is 0.434. The van der Waals surface area contributed by atoms with Gasteiger partial charge in [-0.2, -0.15) is 0 Å². The smallest absolute Gasteiger partial charge is 0.265 e. The first kappa shape index (κ1) is 20.8. The zero-order valence-corrected chi connectivity index (χ0v) is 17.6. The number of fused-ring (bicyclic) bond motifs is 3. The standard InChI is InChI=1S/C23H20N2O5S/c1-30-19-18-20(31-21(19)22(28)24-11-12-26)15-9-5-6-10-16(15)25(23(18)29)13-17(27)14-7-3-2-4-8-14/h2-10,26H,11-13H2,1H3,(H,24,28). The van der Waals surface area contributed by atoms with E-state index in [1.165, 1.54) is 11.7 Å². The molecule has 2 heterocycles. The van der Waals surface area contributed by atoms with Crippen LogP contribution in [0.5, 0.6) is 5.75 Å². The molecule has 2 aromatic heterocycles. The molecule has 1 amide bonds. The molecule has 0 spiro atoms. The van der Waals surface area contributed by atoms with Gasteiger partial charge in [-0.1, -0.05) is 48.5 Å². The highest BCUT2D eigenvalue weighted by molar-refractivity contribution is 7.22. The Balaban J connectivity index is 1.94. The van der Waals surface area contributed by atoms with Gasteiger partial charge in [0.1, 0.15) is 10.3 Å². The number of nitrogens with zero attached hydrogens (tertiary/aromatic N) is 1. The van der Waals surface area contributed by atoms with Crippen molar-refractivity contribution in [2.75, 3.05) is 20.3 Å². The van der Waals surface area contributed by atoms with Crippen molar-refractivity contribution in [3.05, 3.63) is 75.4 Å². The highest BCUT2D eigenvalue weighted by Gasteiger charge is 2.25. The fraction of sp³-hybridized carbons (Fsp3) is 0.174. The number of amides is 1. The van der Waals surface area contributed by atoms with Crippen LogP contribution in [0.4, 0.5) is 0 Å². The Morgan fingerprint density at radius 2 is 1.81 bits per heavy atom. The van der Waals surface area contributed by atoms with Crippen LogP contribution < -0.4 is 15.6 Å². The minimum atomic E-state index is -0.428. The molecule has 0 saturated carbocycles. The van der Waals surface area contributed by atoms with Crippen molar-refractivity contribution < 1.29 is 19.4 Å². The maximum Gasteiger partial charge on any atom is 0.265 e. The lowest BCUT2D eigenvalue weighted by Gasteiger charge is -2.11. The first-order valence-electron chi connectivity index (χ1n) is 9.66. The number of thiophene rings is 1. The van der Waals surface area contributed by atoms with Gasteiger partial charge in [0.05, 0.1) is 30.5 Å². The molecule has 4 aromatic rings. The zero-order chi connectivity index (χ0) is 22.0. The number of para-hydroxylation sites is 1. The van der Waals surface area contributed by atoms with Crippen molar-refractivity contribution in [2.24, 2.45) is 0 Å². The van der Waals surface area contributed by atoms with Crippen LogP contribution in [-0.2, 0) is 6.54 Å². The van der Waals surface area contributed by atoms with Crippen LogP contribution in [-0.4, -0.2) is 41.6 Å². The van der Waals surface area contributed by atoms with E-state index in [-0.39, 0.29) is 41.5 Å². The Morgan fingerprint density at radius 1 is 1.10 bits per heavy atom. The minimum absolute atomic E-state index is 0.0901. The summed E-state index contributed by atoms with van der Waals surface area (Å²) in [7, 11) is 1.40. The summed E-state index contributed by atoms with van der Waals surface area (Å²) < 4.78 is 7.51. The number of rotatable bonds is 7. The number of aromatic nitrogens is 1. The van der Waals surface area contributed by atoms with Gasteiger partial charge in [0.2, 0.25) is 0 Å². The van der Waals surface area contributed by atoms with Crippen molar-refractivity contribution in [3.63, 3.8) is 0 Å². The van der Waals surface area contributed by atoms with Crippen molar-refractivity contribution >= 4 is 44.0 Å². The molecule has 0 atom stereocenters. The van der Waals surface area contributed by atoms with E-state index in [0.29, 0.717) is 15.8 Å². The minimum Gasteiger partial charge on any atom is -0.494 e. The van der Waals surface area contributed by atoms with Gasteiger partial charge in [-0.3, -0.25) is 19.0 Å². The molecule has 0 fully saturated rings. The van der Waals surface area contributed by atoms with Crippen LogP contribution in [0.2, 0.25) is 0 Å². The van der Waals surface area contributed by atoms with Crippen LogP contribution >= 0.6 is 11.3 Å². The third kappa shape index (κ3) is 3.71. The van der Waals surface area contributed by atoms with Gasteiger partial charge >= 0.3 is 0 Å². The SMILES string of the molecule is COc1c(C(=O)NCCO)sc2c1c(=O)n(CC(=O)c1ccccc1)c1ccccc21. The van der Waals surface area contributed by atoms with E-state index in [4.69, 9.17) is 9.84 Å². The highest BCUT2D eigenvalue weighted by Crippen LogP contribution is 2.39. The average molecular weight is 436 g/mol. The van der Waals surface area contributed by atoms with Crippen LogP contribution in [0, 0.1) is 0 Å². The van der Waals surface area contributed by atoms with Crippen molar-refractivity contribution in [1.29, 1.82) is 0 Å². The number of benzene rings is 2. The largest absolute Gasteiger partial charge is 0.494 e. The number of methoxy groups -OCH3 is 1. The first-order chi connectivity index (χ1) is 15.1. The van der Waals surface area contributed by atoms with E-state index < -0.39 is 11.5 Å². The molecule has 7 nitrogen and oxygen atoms in total. The summed E-state index contributed by atoms with van der Waals surface area (Å²) >= 11 is 1.16. The van der Waals surface area contributed by atoms with Gasteiger partial charge in [0.15, 0.2) is 11.5 Å². The summed E-state index contributed by atoms with van der Waals surface area (Å²) in [5.74, 6) is -0.447. The predicted octanol–water partition coefficient (Wildman–Crippen LogP) is 2.83. The van der Waals surface area contributed by atoms with Crippen molar-refractivity contribution in [3.8, 4) is 5.75 Å². The van der Waals surface area contributed by atoms with E-state index in [0.717, 1.165) is 16.7 Å². The average Bonchev–Trinajstić information content (AvgIpc) is 3.21. The van der Waals surface area contributed by atoms with Crippen molar-refractivity contribution in [2.45, 2.75) is 6.54 Å². The Morgan fingerprint density at radius 3 is 2.52 bits per heavy atom. The molecule has 8 heteroatoms. The molecule has 0 aliphatic heterocycles. The van der Waals surface area contributed by atoms with Gasteiger partial charge in [-0.15, -0.1) is 11.3 Å². The lowest BCUT2D eigenvalue weighted by atomic mass is 10.1. The van der Waals surface area contributed by atoms with Crippen molar-refractivity contribution in [1.82, 2.24) is 9.88 Å². The topological polar surface area (TPSA) is 97.6 Å². The number of ether oxygens (including phenoxy) is 1. The summed E-state index contributed by atoms with van der Waals surface area (Å²) in [6, 6.07) is 16.1. The molecule has 0 bridgehead atoms. The van der Waals surface area contributed by atoms with E-state index in [1.807, 2.05) is 18.2 Å². The van der Waals surface area contributed by atoms with E-state index in [1.54, 1.807) is 36.4 Å². The number of hydrogen-bond donors (Lipinski definition) is 2. The summed E-state index contributed by atoms with van der Waals surface area (Å²) in [5.41, 5.74) is 0.725. The second-order valence-electron chi connectivity index (χ2n) is 6.85. The fourth-order valence-corrected chi connectivity index (χ4v) is 4.77. The van der Waals surface area contributed by atoms with Gasteiger partial charge in [-0.25, -0.2) is 0 Å². The molecule has 0 aliphatic rings. The van der Waals surface area contributed by atoms with Crippen LogP contribution in [0.1, 0.15) is 20.0 Å². The fourth-order valence-electron chi connectivity index (χ4n) is 3.56. The lowest BCUT2D eigenvalue weighted by Crippen LogP contribution is -2.26. The number of nitrogens with one attached hydrogen (secondary N) is 1. The lowest BCUT2D eigenvalue weighted by molar-refractivity contribution is 0.0944. The van der Waals surface area contributed by atoms with Crippen LogP contribution in [0.15, 0.2) is 59.4 Å². The van der Waals surface area contributed by atoms with Crippen LogP contribution in [0.3, 0.4) is 0 Å². The second-order valence-corrected chi connectivity index (χ2v) is 7.87. The first-order valence-corrected chi connectivity index (χ1v) is 10.5. The molecule has 158 valence electrons. The molecule has 0 aliphatic carbocycles. The molecule has 4 rings (SSSR count). The number of pyridine rings is 1. The van der Waals surface area contributed by atoms with Gasteiger partial charge in [-0.05, 0) is 6.07 Å².